The number of aromatic hydroxyl groups is 2. The first kappa shape index (κ1) is 50.1. The lowest BCUT2D eigenvalue weighted by Gasteiger charge is -2.49. The summed E-state index contributed by atoms with van der Waals surface area (Å²) in [5, 5.41) is 61.6. The van der Waals surface area contributed by atoms with Crippen LogP contribution in [0.25, 0.3) is 11.1 Å². The molecule has 11 atom stereocenters. The number of aliphatic imine (C=N–C) groups is 1. The molecule has 3 fully saturated rings. The Morgan fingerprint density at radius 1 is 0.873 bits per heavy atom. The van der Waals surface area contributed by atoms with Gasteiger partial charge in [-0.25, -0.2) is 0 Å². The first-order valence-electron chi connectivity index (χ1n) is 27.3. The van der Waals surface area contributed by atoms with E-state index in [2.05, 4.69) is 44.3 Å². The second-order valence-electron chi connectivity index (χ2n) is 23.3. The highest BCUT2D eigenvalue weighted by atomic mass is 16.5. The van der Waals surface area contributed by atoms with Gasteiger partial charge in [-0.2, -0.15) is 0 Å². The maximum Gasteiger partial charge on any atom is 0.188 e. The lowest BCUT2D eigenvalue weighted by Crippen LogP contribution is -2.47. The SMILES string of the molecule is CCC1CC2C=CC1CC(O)CC1(CCCC13CCOCC3)CN=C(N)NCCC1C(CO)CCCC1Oc1cc(ccc1O)C1Oc3cc(OC)c4c(c3CC1O)C2Cc1cc(O)c(CC(C)C)cc1-4. The number of phenolic OH excluding ortho intramolecular Hbond substituents is 2. The van der Waals surface area contributed by atoms with Crippen LogP contribution < -0.4 is 25.3 Å². The third-order valence-corrected chi connectivity index (χ3v) is 18.8. The van der Waals surface area contributed by atoms with Gasteiger partial charge < -0.3 is 55.5 Å². The molecule has 2 saturated carbocycles. The molecule has 2 spiro atoms. The number of ether oxygens (including phenoxy) is 4. The molecular formula is C59H81N3O9. The first-order valence-corrected chi connectivity index (χ1v) is 27.3. The minimum absolute atomic E-state index is 0.00529. The highest BCUT2D eigenvalue weighted by Crippen LogP contribution is 2.62. The fourth-order valence-electron chi connectivity index (χ4n) is 15.2. The van der Waals surface area contributed by atoms with E-state index < -0.39 is 18.3 Å². The van der Waals surface area contributed by atoms with E-state index in [-0.39, 0.29) is 58.9 Å². The van der Waals surface area contributed by atoms with Crippen LogP contribution in [0.15, 0.2) is 53.5 Å². The fraction of sp³-hybridized carbons (Fsp3) is 0.644. The standard InChI is InChI=1S/C59H81N3O9/c1-5-35-23-37-11-10-36(35)24-42(64)31-59(16-7-15-58(59)17-20-69-21-18-58)33-62-57(60)61-19-14-43-39(32-63)8-6-9-50(43)70-52-28-38(12-13-47(52)65)56-49(67)29-46-51(71-56)30-53(68-4)55-45-26-41(22-34(2)3)48(66)27-40(45)25-44(37)54(46)55/h10-13,26-28,30,34-37,39,42-44,49-50,56,63-67H,5-9,14-25,29,31-33H2,1-4H3,(H3,60,61,62). The van der Waals surface area contributed by atoms with E-state index in [1.807, 2.05) is 18.2 Å². The van der Waals surface area contributed by atoms with Gasteiger partial charge in [-0.3, -0.25) is 4.99 Å². The molecule has 0 aromatic heterocycles. The Hall–Kier alpha value is -4.49. The maximum absolute atomic E-state index is 12.4. The van der Waals surface area contributed by atoms with Gasteiger partial charge in [-0.15, -0.1) is 0 Å². The quantitative estimate of drug-likeness (QED) is 0.121. The molecule has 10 aliphatic rings. The third-order valence-electron chi connectivity index (χ3n) is 18.8. The number of nitrogens with zero attached hydrogens (tertiary/aromatic N) is 1. The number of hydrogen-bond donors (Lipinski definition) is 7. The Labute approximate surface area is 421 Å². The van der Waals surface area contributed by atoms with E-state index in [0.717, 1.165) is 117 Å². The van der Waals surface area contributed by atoms with Crippen molar-refractivity contribution >= 4 is 5.96 Å². The fourth-order valence-corrected chi connectivity index (χ4v) is 15.2. The van der Waals surface area contributed by atoms with E-state index in [0.29, 0.717) is 91.6 Å². The topological polar surface area (TPSA) is 188 Å². The number of guanidine groups is 1. The molecule has 0 radical (unpaired) electrons. The molecule has 4 aliphatic carbocycles. The molecule has 3 aromatic carbocycles. The molecule has 12 nitrogen and oxygen atoms in total. The number of hydrogen-bond acceptors (Lipinski definition) is 12. The van der Waals surface area contributed by atoms with Crippen molar-refractivity contribution in [2.45, 2.75) is 154 Å². The highest BCUT2D eigenvalue weighted by molar-refractivity contribution is 5.84. The smallest absolute Gasteiger partial charge is 0.188 e. The van der Waals surface area contributed by atoms with E-state index >= 15 is 0 Å². The number of aliphatic hydroxyl groups excluding tert-OH is 3. The zero-order chi connectivity index (χ0) is 49.6. The van der Waals surface area contributed by atoms with Gasteiger partial charge in [0, 0.05) is 62.4 Å². The molecule has 13 rings (SSSR count). The number of phenols is 2. The Morgan fingerprint density at radius 3 is 2.45 bits per heavy atom. The Morgan fingerprint density at radius 2 is 1.68 bits per heavy atom. The number of nitrogens with two attached hydrogens (primary N) is 1. The predicted molar refractivity (Wildman–Crippen MR) is 276 cm³/mol. The van der Waals surface area contributed by atoms with Crippen LogP contribution in [-0.2, 0) is 24.0 Å². The normalized spacial score (nSPS) is 32.6. The van der Waals surface area contributed by atoms with Crippen LogP contribution in [0, 0.1) is 46.3 Å². The second kappa shape index (κ2) is 20.8. The van der Waals surface area contributed by atoms with Crippen LogP contribution >= 0.6 is 0 Å². The minimum Gasteiger partial charge on any atom is -0.508 e. The summed E-state index contributed by atoms with van der Waals surface area (Å²) >= 11 is 0. The van der Waals surface area contributed by atoms with Crippen LogP contribution in [0.3, 0.4) is 0 Å². The average molecular weight is 976 g/mol. The summed E-state index contributed by atoms with van der Waals surface area (Å²) in [6, 6.07) is 11.4. The summed E-state index contributed by atoms with van der Waals surface area (Å²) in [4.78, 5) is 5.11. The largest absolute Gasteiger partial charge is 0.508 e. The molecule has 8 bridgehead atoms. The van der Waals surface area contributed by atoms with Gasteiger partial charge >= 0.3 is 0 Å². The first-order chi connectivity index (χ1) is 34.3. The van der Waals surface area contributed by atoms with Crippen molar-refractivity contribution in [1.82, 2.24) is 5.32 Å². The summed E-state index contributed by atoms with van der Waals surface area (Å²) in [6.45, 7) is 9.22. The molecule has 71 heavy (non-hydrogen) atoms. The molecule has 8 N–H and O–H groups in total. The van der Waals surface area contributed by atoms with Gasteiger partial charge in [0.2, 0.25) is 0 Å². The van der Waals surface area contributed by atoms with Gasteiger partial charge in [0.05, 0.1) is 19.3 Å². The van der Waals surface area contributed by atoms with Crippen LogP contribution in [0.4, 0.5) is 0 Å². The molecule has 6 heterocycles. The van der Waals surface area contributed by atoms with Crippen molar-refractivity contribution in [3.63, 3.8) is 0 Å². The number of benzene rings is 3. The zero-order valence-electron chi connectivity index (χ0n) is 42.7. The maximum atomic E-state index is 12.4. The molecule has 386 valence electrons. The number of rotatable bonds is 5. The third kappa shape index (κ3) is 9.65. The van der Waals surface area contributed by atoms with Crippen LogP contribution in [-0.4, -0.2) is 89.8 Å². The van der Waals surface area contributed by atoms with Crippen molar-refractivity contribution in [2.24, 2.45) is 57.1 Å². The second-order valence-corrected chi connectivity index (χ2v) is 23.3. The van der Waals surface area contributed by atoms with Gasteiger partial charge in [0.25, 0.3) is 0 Å². The summed E-state index contributed by atoms with van der Waals surface area (Å²) < 4.78 is 26.0. The van der Waals surface area contributed by atoms with Crippen molar-refractivity contribution in [3.05, 3.63) is 76.4 Å². The van der Waals surface area contributed by atoms with Gasteiger partial charge in [-0.1, -0.05) is 51.8 Å². The summed E-state index contributed by atoms with van der Waals surface area (Å²) in [5.41, 5.74) is 13.5. The number of aliphatic hydroxyl groups is 3. The van der Waals surface area contributed by atoms with Crippen molar-refractivity contribution in [3.8, 4) is 39.9 Å². The van der Waals surface area contributed by atoms with Gasteiger partial charge in [0.15, 0.2) is 17.5 Å². The Balaban J connectivity index is 1.08. The van der Waals surface area contributed by atoms with Crippen LogP contribution in [0.2, 0.25) is 0 Å². The van der Waals surface area contributed by atoms with Gasteiger partial charge in [0.1, 0.15) is 29.5 Å². The minimum atomic E-state index is -0.909. The van der Waals surface area contributed by atoms with Crippen LogP contribution in [0.5, 0.6) is 28.7 Å². The van der Waals surface area contributed by atoms with Crippen molar-refractivity contribution < 1.29 is 44.5 Å². The lowest BCUT2D eigenvalue weighted by atomic mass is 9.58. The summed E-state index contributed by atoms with van der Waals surface area (Å²) in [6.07, 6.45) is 15.8. The molecule has 6 aliphatic heterocycles. The number of methoxy groups -OCH3 is 1. The zero-order valence-corrected chi connectivity index (χ0v) is 42.7. The average Bonchev–Trinajstić information content (AvgIpc) is 3.68. The molecule has 11 unspecified atom stereocenters. The van der Waals surface area contributed by atoms with E-state index in [1.165, 1.54) is 0 Å². The van der Waals surface area contributed by atoms with Crippen molar-refractivity contribution in [1.29, 1.82) is 0 Å². The number of nitrogens with one attached hydrogen (secondary N) is 1. The highest BCUT2D eigenvalue weighted by Gasteiger charge is 2.55. The van der Waals surface area contributed by atoms with Gasteiger partial charge in [-0.05, 0) is 182 Å². The number of fused-ring (bicyclic) bond motifs is 2. The molecule has 1 saturated heterocycles. The van der Waals surface area contributed by atoms with Crippen molar-refractivity contribution in [2.75, 3.05) is 40.0 Å². The van der Waals surface area contributed by atoms with E-state index in [1.54, 1.807) is 19.2 Å². The Kier molecular flexibility index (Phi) is 14.7. The van der Waals surface area contributed by atoms with E-state index in [9.17, 15) is 25.5 Å². The summed E-state index contributed by atoms with van der Waals surface area (Å²) in [5.74, 6) is 3.47. The number of allylic oxidation sites excluding steroid dienone is 2. The molecule has 0 amide bonds. The van der Waals surface area contributed by atoms with Crippen LogP contribution in [0.1, 0.15) is 144 Å². The molecule has 3 aromatic rings. The van der Waals surface area contributed by atoms with E-state index in [4.69, 9.17) is 29.7 Å². The summed E-state index contributed by atoms with van der Waals surface area (Å²) in [7, 11) is 1.71. The lowest BCUT2D eigenvalue weighted by molar-refractivity contribution is -0.0671. The Bertz CT molecular complexity index is 2450. The monoisotopic (exact) mass is 976 g/mol. The molecule has 12 heteroatoms. The predicted octanol–water partition coefficient (Wildman–Crippen LogP) is 9.44. The molecular weight excluding hydrogens is 895 g/mol.